The van der Waals surface area contributed by atoms with Gasteiger partial charge >= 0.3 is 0 Å². The summed E-state index contributed by atoms with van der Waals surface area (Å²) < 4.78 is 0. The minimum Gasteiger partial charge on any atom is -0.373 e. The minimum atomic E-state index is 0.960. The van der Waals surface area contributed by atoms with Crippen LogP contribution in [0.5, 0.6) is 0 Å². The first-order chi connectivity index (χ1) is 6.88. The van der Waals surface area contributed by atoms with Gasteiger partial charge < -0.3 is 5.32 Å². The van der Waals surface area contributed by atoms with Crippen LogP contribution in [0.4, 0.5) is 5.82 Å². The molecule has 3 nitrogen and oxygen atoms in total. The van der Waals surface area contributed by atoms with Crippen LogP contribution in [0.15, 0.2) is 18.3 Å². The Morgan fingerprint density at radius 3 is 2.93 bits per heavy atom. The van der Waals surface area contributed by atoms with Gasteiger partial charge in [0.25, 0.3) is 0 Å². The topological polar surface area (TPSA) is 28.2 Å². The predicted molar refractivity (Wildman–Crippen MR) is 58.3 cm³/mol. The van der Waals surface area contributed by atoms with Gasteiger partial charge in [0.2, 0.25) is 0 Å². The standard InChI is InChI=1S/C11H17N3/c1-12-11-8-10(4-5-13-11)9-14-6-2-3-7-14/h4-5,8H,2-3,6-7,9H2,1H3,(H,12,13). The van der Waals surface area contributed by atoms with Gasteiger partial charge in [-0.3, -0.25) is 4.90 Å². The predicted octanol–water partition coefficient (Wildman–Crippen LogP) is 1.72. The highest BCUT2D eigenvalue weighted by molar-refractivity contribution is 5.36. The molecule has 1 fully saturated rings. The molecule has 1 saturated heterocycles. The van der Waals surface area contributed by atoms with E-state index in [2.05, 4.69) is 27.3 Å². The van der Waals surface area contributed by atoms with E-state index in [-0.39, 0.29) is 0 Å². The van der Waals surface area contributed by atoms with E-state index >= 15 is 0 Å². The van der Waals surface area contributed by atoms with Gasteiger partial charge in [0, 0.05) is 19.8 Å². The van der Waals surface area contributed by atoms with Crippen molar-refractivity contribution in [2.75, 3.05) is 25.5 Å². The summed E-state index contributed by atoms with van der Waals surface area (Å²) in [7, 11) is 1.90. The molecule has 2 heterocycles. The Labute approximate surface area is 85.1 Å². The van der Waals surface area contributed by atoms with E-state index in [4.69, 9.17) is 0 Å². The molecule has 0 aliphatic carbocycles. The molecule has 0 saturated carbocycles. The minimum absolute atomic E-state index is 0.960. The van der Waals surface area contributed by atoms with Gasteiger partial charge in [0.1, 0.15) is 5.82 Å². The second kappa shape index (κ2) is 4.42. The van der Waals surface area contributed by atoms with E-state index in [0.717, 1.165) is 12.4 Å². The molecule has 0 aromatic carbocycles. The van der Waals surface area contributed by atoms with Gasteiger partial charge in [-0.25, -0.2) is 4.98 Å². The van der Waals surface area contributed by atoms with E-state index in [0.29, 0.717) is 0 Å². The van der Waals surface area contributed by atoms with Crippen molar-refractivity contribution in [1.29, 1.82) is 0 Å². The summed E-state index contributed by atoms with van der Waals surface area (Å²) in [6.45, 7) is 3.56. The van der Waals surface area contributed by atoms with Crippen molar-refractivity contribution in [2.24, 2.45) is 0 Å². The van der Waals surface area contributed by atoms with Crippen molar-refractivity contribution in [2.45, 2.75) is 19.4 Å². The number of hydrogen-bond donors (Lipinski definition) is 1. The quantitative estimate of drug-likeness (QED) is 0.788. The number of nitrogens with one attached hydrogen (secondary N) is 1. The fourth-order valence-electron chi connectivity index (χ4n) is 1.91. The number of hydrogen-bond acceptors (Lipinski definition) is 3. The Bertz CT molecular complexity index is 292. The number of likely N-dealkylation sites (tertiary alicyclic amines) is 1. The molecule has 14 heavy (non-hydrogen) atoms. The summed E-state index contributed by atoms with van der Waals surface area (Å²) >= 11 is 0. The molecule has 1 N–H and O–H groups in total. The van der Waals surface area contributed by atoms with Gasteiger partial charge in [-0.05, 0) is 43.6 Å². The molecule has 0 radical (unpaired) electrons. The lowest BCUT2D eigenvalue weighted by Gasteiger charge is -2.14. The Kier molecular flexibility index (Phi) is 2.99. The number of nitrogens with zero attached hydrogens (tertiary/aromatic N) is 2. The van der Waals surface area contributed by atoms with Crippen LogP contribution in [-0.2, 0) is 6.54 Å². The maximum Gasteiger partial charge on any atom is 0.125 e. The van der Waals surface area contributed by atoms with E-state index in [1.54, 1.807) is 0 Å². The number of pyridine rings is 1. The van der Waals surface area contributed by atoms with Gasteiger partial charge in [-0.1, -0.05) is 0 Å². The second-order valence-electron chi connectivity index (χ2n) is 3.78. The van der Waals surface area contributed by atoms with Gasteiger partial charge in [-0.15, -0.1) is 0 Å². The number of aromatic nitrogens is 1. The molecule has 0 bridgehead atoms. The summed E-state index contributed by atoms with van der Waals surface area (Å²) in [5, 5.41) is 3.06. The summed E-state index contributed by atoms with van der Waals surface area (Å²) in [6.07, 6.45) is 4.57. The molecule has 76 valence electrons. The monoisotopic (exact) mass is 191 g/mol. The zero-order chi connectivity index (χ0) is 9.80. The summed E-state index contributed by atoms with van der Waals surface area (Å²) in [5.74, 6) is 0.960. The molecule has 0 unspecified atom stereocenters. The van der Waals surface area contributed by atoms with Crippen LogP contribution in [-0.4, -0.2) is 30.0 Å². The zero-order valence-corrected chi connectivity index (χ0v) is 8.66. The highest BCUT2D eigenvalue weighted by Gasteiger charge is 2.11. The molecule has 1 aromatic rings. The van der Waals surface area contributed by atoms with Crippen molar-refractivity contribution < 1.29 is 0 Å². The fourth-order valence-corrected chi connectivity index (χ4v) is 1.91. The highest BCUT2D eigenvalue weighted by atomic mass is 15.1. The smallest absolute Gasteiger partial charge is 0.125 e. The molecule has 1 aliphatic rings. The van der Waals surface area contributed by atoms with E-state index < -0.39 is 0 Å². The molecular weight excluding hydrogens is 174 g/mol. The zero-order valence-electron chi connectivity index (χ0n) is 8.66. The van der Waals surface area contributed by atoms with Gasteiger partial charge in [0.05, 0.1) is 0 Å². The maximum atomic E-state index is 4.20. The lowest BCUT2D eigenvalue weighted by Crippen LogP contribution is -2.18. The maximum absolute atomic E-state index is 4.20. The first kappa shape index (κ1) is 9.46. The third kappa shape index (κ3) is 2.23. The van der Waals surface area contributed by atoms with Crippen LogP contribution in [0, 0.1) is 0 Å². The largest absolute Gasteiger partial charge is 0.373 e. The first-order valence-electron chi connectivity index (χ1n) is 5.23. The third-order valence-electron chi connectivity index (χ3n) is 2.69. The lowest BCUT2D eigenvalue weighted by atomic mass is 10.2. The molecule has 0 atom stereocenters. The summed E-state index contributed by atoms with van der Waals surface area (Å²) in [6, 6.07) is 4.22. The lowest BCUT2D eigenvalue weighted by molar-refractivity contribution is 0.331. The van der Waals surface area contributed by atoms with Crippen molar-refractivity contribution in [1.82, 2.24) is 9.88 Å². The highest BCUT2D eigenvalue weighted by Crippen LogP contribution is 2.13. The van der Waals surface area contributed by atoms with Crippen LogP contribution < -0.4 is 5.32 Å². The van der Waals surface area contributed by atoms with Gasteiger partial charge in [0.15, 0.2) is 0 Å². The first-order valence-corrected chi connectivity index (χ1v) is 5.23. The molecular formula is C11H17N3. The van der Waals surface area contributed by atoms with Crippen LogP contribution in [0.3, 0.4) is 0 Å². The van der Waals surface area contributed by atoms with E-state index in [1.807, 2.05) is 13.2 Å². The van der Waals surface area contributed by atoms with Crippen LogP contribution in [0.2, 0.25) is 0 Å². The van der Waals surface area contributed by atoms with Crippen LogP contribution in [0.25, 0.3) is 0 Å². The molecule has 0 amide bonds. The molecule has 1 aliphatic heterocycles. The number of anilines is 1. The average molecular weight is 191 g/mol. The van der Waals surface area contributed by atoms with Crippen molar-refractivity contribution in [3.8, 4) is 0 Å². The molecule has 2 rings (SSSR count). The van der Waals surface area contributed by atoms with Crippen molar-refractivity contribution in [3.05, 3.63) is 23.9 Å². The van der Waals surface area contributed by atoms with E-state index in [9.17, 15) is 0 Å². The molecule has 0 spiro atoms. The molecule has 1 aromatic heterocycles. The van der Waals surface area contributed by atoms with Crippen LogP contribution >= 0.6 is 0 Å². The molecule has 3 heteroatoms. The Morgan fingerprint density at radius 1 is 1.43 bits per heavy atom. The van der Waals surface area contributed by atoms with Gasteiger partial charge in [-0.2, -0.15) is 0 Å². The summed E-state index contributed by atoms with van der Waals surface area (Å²) in [4.78, 5) is 6.70. The van der Waals surface area contributed by atoms with E-state index in [1.165, 1.54) is 31.5 Å². The number of rotatable bonds is 3. The Morgan fingerprint density at radius 2 is 2.21 bits per heavy atom. The Hall–Kier alpha value is -1.09. The Balaban J connectivity index is 2.00. The second-order valence-corrected chi connectivity index (χ2v) is 3.78. The SMILES string of the molecule is CNc1cc(CN2CCCC2)ccn1. The summed E-state index contributed by atoms with van der Waals surface area (Å²) in [5.41, 5.74) is 1.35. The third-order valence-corrected chi connectivity index (χ3v) is 2.69. The normalized spacial score (nSPS) is 17.2. The fraction of sp³-hybridized carbons (Fsp3) is 0.545. The van der Waals surface area contributed by atoms with Crippen molar-refractivity contribution >= 4 is 5.82 Å². The average Bonchev–Trinajstić information content (AvgIpc) is 2.71. The van der Waals surface area contributed by atoms with Crippen molar-refractivity contribution in [3.63, 3.8) is 0 Å². The van der Waals surface area contributed by atoms with Crippen LogP contribution in [0.1, 0.15) is 18.4 Å².